The van der Waals surface area contributed by atoms with Crippen molar-refractivity contribution in [3.63, 3.8) is 0 Å². The fourth-order valence-corrected chi connectivity index (χ4v) is 3.75. The molecule has 0 spiro atoms. The molecule has 1 aromatic heterocycles. The maximum atomic E-state index is 11.9. The van der Waals surface area contributed by atoms with Crippen LogP contribution in [0.1, 0.15) is 37.1 Å². The highest BCUT2D eigenvalue weighted by atomic mass is 35.5. The van der Waals surface area contributed by atoms with Crippen LogP contribution >= 0.6 is 36.2 Å². The van der Waals surface area contributed by atoms with Crippen LogP contribution in [0.5, 0.6) is 0 Å². The van der Waals surface area contributed by atoms with Gasteiger partial charge >= 0.3 is 0 Å². The zero-order valence-electron chi connectivity index (χ0n) is 11.2. The SMILES string of the molecule is Cl.Cl.O=C(CC1CC2CCC(C1)N2)NCc1nccs1. The molecule has 2 unspecified atom stereocenters. The van der Waals surface area contributed by atoms with Crippen LogP contribution in [-0.4, -0.2) is 23.0 Å². The quantitative estimate of drug-likeness (QED) is 0.887. The Morgan fingerprint density at radius 1 is 1.35 bits per heavy atom. The van der Waals surface area contributed by atoms with Crippen LogP contribution in [0.2, 0.25) is 0 Å². The van der Waals surface area contributed by atoms with Crippen molar-refractivity contribution in [3.8, 4) is 0 Å². The Morgan fingerprint density at radius 2 is 2.05 bits per heavy atom. The summed E-state index contributed by atoms with van der Waals surface area (Å²) in [6.45, 7) is 0.578. The summed E-state index contributed by atoms with van der Waals surface area (Å²) in [6, 6.07) is 1.33. The van der Waals surface area contributed by atoms with E-state index in [1.54, 1.807) is 17.5 Å². The zero-order chi connectivity index (χ0) is 12.4. The van der Waals surface area contributed by atoms with E-state index in [0.717, 1.165) is 5.01 Å². The molecular weight excluding hydrogens is 317 g/mol. The lowest BCUT2D eigenvalue weighted by atomic mass is 9.89. The van der Waals surface area contributed by atoms with Crippen molar-refractivity contribution in [2.24, 2.45) is 5.92 Å². The summed E-state index contributed by atoms with van der Waals surface area (Å²) in [4.78, 5) is 16.0. The highest BCUT2D eigenvalue weighted by molar-refractivity contribution is 7.09. The summed E-state index contributed by atoms with van der Waals surface area (Å²) < 4.78 is 0. The Hall–Kier alpha value is -0.360. The molecule has 7 heteroatoms. The van der Waals surface area contributed by atoms with Gasteiger partial charge in [0.1, 0.15) is 5.01 Å². The molecule has 1 aromatic rings. The Labute approximate surface area is 135 Å². The van der Waals surface area contributed by atoms with Crippen molar-refractivity contribution in [2.45, 2.75) is 50.7 Å². The molecule has 2 bridgehead atoms. The summed E-state index contributed by atoms with van der Waals surface area (Å²) in [6.07, 6.45) is 7.38. The maximum Gasteiger partial charge on any atom is 0.220 e. The van der Waals surface area contributed by atoms with Crippen molar-refractivity contribution in [2.75, 3.05) is 0 Å². The number of carbonyl (C=O) groups is 1. The summed E-state index contributed by atoms with van der Waals surface area (Å²) in [5.74, 6) is 0.747. The van der Waals surface area contributed by atoms with E-state index in [2.05, 4.69) is 15.6 Å². The van der Waals surface area contributed by atoms with Crippen molar-refractivity contribution < 1.29 is 4.79 Å². The third-order valence-electron chi connectivity index (χ3n) is 3.97. The molecule has 20 heavy (non-hydrogen) atoms. The zero-order valence-corrected chi connectivity index (χ0v) is 13.7. The number of piperidine rings is 1. The van der Waals surface area contributed by atoms with E-state index < -0.39 is 0 Å². The van der Waals surface area contributed by atoms with Crippen LogP contribution < -0.4 is 10.6 Å². The van der Waals surface area contributed by atoms with Gasteiger partial charge in [-0.2, -0.15) is 0 Å². The lowest BCUT2D eigenvalue weighted by molar-refractivity contribution is -0.122. The summed E-state index contributed by atoms with van der Waals surface area (Å²) in [5, 5.41) is 9.50. The van der Waals surface area contributed by atoms with E-state index in [9.17, 15) is 4.79 Å². The van der Waals surface area contributed by atoms with E-state index in [4.69, 9.17) is 0 Å². The van der Waals surface area contributed by atoms with Crippen LogP contribution in [0, 0.1) is 5.92 Å². The van der Waals surface area contributed by atoms with E-state index in [-0.39, 0.29) is 30.7 Å². The fraction of sp³-hybridized carbons (Fsp3) is 0.692. The minimum Gasteiger partial charge on any atom is -0.350 e. The molecule has 0 aromatic carbocycles. The van der Waals surface area contributed by atoms with Crippen LogP contribution in [-0.2, 0) is 11.3 Å². The molecule has 0 saturated carbocycles. The molecule has 2 atom stereocenters. The van der Waals surface area contributed by atoms with E-state index in [1.807, 2.05) is 5.38 Å². The average molecular weight is 338 g/mol. The van der Waals surface area contributed by atoms with Gasteiger partial charge in [-0.05, 0) is 31.6 Å². The van der Waals surface area contributed by atoms with Crippen LogP contribution in [0.3, 0.4) is 0 Å². The summed E-state index contributed by atoms with van der Waals surface area (Å²) in [7, 11) is 0. The minimum atomic E-state index is 0. The van der Waals surface area contributed by atoms with Gasteiger partial charge in [0.05, 0.1) is 6.54 Å². The van der Waals surface area contributed by atoms with Gasteiger partial charge < -0.3 is 10.6 Å². The van der Waals surface area contributed by atoms with Crippen LogP contribution in [0.25, 0.3) is 0 Å². The largest absolute Gasteiger partial charge is 0.350 e. The number of rotatable bonds is 4. The molecule has 4 nitrogen and oxygen atoms in total. The van der Waals surface area contributed by atoms with Gasteiger partial charge in [0.15, 0.2) is 0 Å². The molecular formula is C13H21Cl2N3OS. The number of amides is 1. The smallest absolute Gasteiger partial charge is 0.220 e. The number of thiazole rings is 1. The normalized spacial score (nSPS) is 27.3. The Bertz CT molecular complexity index is 404. The summed E-state index contributed by atoms with van der Waals surface area (Å²) in [5.41, 5.74) is 0. The third kappa shape index (κ3) is 4.58. The monoisotopic (exact) mass is 337 g/mol. The second-order valence-electron chi connectivity index (χ2n) is 5.38. The lowest BCUT2D eigenvalue weighted by Gasteiger charge is -2.28. The predicted octanol–water partition coefficient (Wildman–Crippen LogP) is 2.52. The highest BCUT2D eigenvalue weighted by Gasteiger charge is 2.34. The number of nitrogens with one attached hydrogen (secondary N) is 2. The average Bonchev–Trinajstić information content (AvgIpc) is 2.97. The molecule has 0 aliphatic carbocycles. The number of nitrogens with zero attached hydrogens (tertiary/aromatic N) is 1. The Morgan fingerprint density at radius 3 is 2.65 bits per heavy atom. The first-order valence-electron chi connectivity index (χ1n) is 6.70. The van der Waals surface area contributed by atoms with E-state index >= 15 is 0 Å². The van der Waals surface area contributed by atoms with Gasteiger partial charge in [-0.3, -0.25) is 4.79 Å². The second kappa shape index (κ2) is 8.17. The van der Waals surface area contributed by atoms with Gasteiger partial charge in [-0.25, -0.2) is 4.98 Å². The van der Waals surface area contributed by atoms with Gasteiger partial charge in [0.25, 0.3) is 0 Å². The van der Waals surface area contributed by atoms with Crippen LogP contribution in [0.15, 0.2) is 11.6 Å². The standard InChI is InChI=1S/C13H19N3OS.2ClH/c17-12(15-8-13-14-3-4-18-13)7-9-5-10-1-2-11(6-9)16-10;;/h3-4,9-11,16H,1-2,5-8H2,(H,15,17);2*1H. The van der Waals surface area contributed by atoms with Gasteiger partial charge in [0.2, 0.25) is 5.91 Å². The van der Waals surface area contributed by atoms with Crippen molar-refractivity contribution in [1.82, 2.24) is 15.6 Å². The number of halogens is 2. The Kier molecular flexibility index (Phi) is 7.23. The Balaban J connectivity index is 0.000001000. The molecule has 114 valence electrons. The number of hydrogen-bond donors (Lipinski definition) is 2. The van der Waals surface area contributed by atoms with Gasteiger partial charge in [-0.15, -0.1) is 36.2 Å². The highest BCUT2D eigenvalue weighted by Crippen LogP contribution is 2.32. The predicted molar refractivity (Wildman–Crippen MR) is 85.7 cm³/mol. The number of fused-ring (bicyclic) bond motifs is 2. The van der Waals surface area contributed by atoms with E-state index in [1.165, 1.54) is 25.7 Å². The molecule has 3 rings (SSSR count). The number of carbonyl (C=O) groups excluding carboxylic acids is 1. The van der Waals surface area contributed by atoms with Crippen molar-refractivity contribution >= 4 is 42.1 Å². The molecule has 1 amide bonds. The molecule has 2 saturated heterocycles. The minimum absolute atomic E-state index is 0. The number of aromatic nitrogens is 1. The third-order valence-corrected chi connectivity index (χ3v) is 4.74. The molecule has 0 radical (unpaired) electrons. The lowest BCUT2D eigenvalue weighted by Crippen LogP contribution is -2.39. The van der Waals surface area contributed by atoms with Crippen LogP contribution in [0.4, 0.5) is 0 Å². The number of hydrogen-bond acceptors (Lipinski definition) is 4. The molecule has 2 N–H and O–H groups in total. The molecule has 3 heterocycles. The second-order valence-corrected chi connectivity index (χ2v) is 6.36. The summed E-state index contributed by atoms with van der Waals surface area (Å²) >= 11 is 1.59. The van der Waals surface area contributed by atoms with Gasteiger partial charge in [0, 0.05) is 30.1 Å². The topological polar surface area (TPSA) is 54.0 Å². The first-order valence-corrected chi connectivity index (χ1v) is 7.58. The first-order chi connectivity index (χ1) is 8.79. The van der Waals surface area contributed by atoms with E-state index in [0.29, 0.717) is 31.0 Å². The van der Waals surface area contributed by atoms with Crippen molar-refractivity contribution in [3.05, 3.63) is 16.6 Å². The first kappa shape index (κ1) is 17.7. The molecule has 2 fully saturated rings. The molecule has 2 aliphatic heterocycles. The van der Waals surface area contributed by atoms with Gasteiger partial charge in [-0.1, -0.05) is 0 Å². The molecule has 2 aliphatic rings. The maximum absolute atomic E-state index is 11.9. The fourth-order valence-electron chi connectivity index (χ4n) is 3.19. The van der Waals surface area contributed by atoms with Crippen molar-refractivity contribution in [1.29, 1.82) is 0 Å².